The Labute approximate surface area is 84.9 Å². The van der Waals surface area contributed by atoms with Crippen molar-refractivity contribution >= 4 is 5.82 Å². The van der Waals surface area contributed by atoms with Crippen molar-refractivity contribution < 1.29 is 0 Å². The van der Waals surface area contributed by atoms with Gasteiger partial charge < -0.3 is 10.6 Å². The van der Waals surface area contributed by atoms with Crippen LogP contribution in [0.5, 0.6) is 0 Å². The van der Waals surface area contributed by atoms with E-state index in [1.54, 1.807) is 0 Å². The SMILES string of the molecule is CC(C)c1c(N)nnn1CCN(C)C. The van der Waals surface area contributed by atoms with Crippen molar-refractivity contribution in [3.05, 3.63) is 5.69 Å². The Kier molecular flexibility index (Phi) is 3.46. The van der Waals surface area contributed by atoms with Crippen LogP contribution >= 0.6 is 0 Å². The molecule has 0 aliphatic rings. The maximum absolute atomic E-state index is 5.74. The molecule has 0 fully saturated rings. The molecule has 1 rings (SSSR count). The molecule has 0 saturated carbocycles. The molecule has 0 aromatic carbocycles. The van der Waals surface area contributed by atoms with Crippen LogP contribution in [0.15, 0.2) is 0 Å². The molecule has 5 heteroatoms. The zero-order chi connectivity index (χ0) is 10.7. The van der Waals surface area contributed by atoms with Gasteiger partial charge in [0.1, 0.15) is 0 Å². The third-order valence-electron chi connectivity index (χ3n) is 2.11. The maximum Gasteiger partial charge on any atom is 0.169 e. The lowest BCUT2D eigenvalue weighted by Crippen LogP contribution is -2.20. The van der Waals surface area contributed by atoms with Crippen LogP contribution in [-0.2, 0) is 6.54 Å². The number of hydrogen-bond acceptors (Lipinski definition) is 4. The van der Waals surface area contributed by atoms with Gasteiger partial charge in [0, 0.05) is 6.54 Å². The van der Waals surface area contributed by atoms with Crippen LogP contribution in [0.1, 0.15) is 25.5 Å². The van der Waals surface area contributed by atoms with Crippen LogP contribution in [0.2, 0.25) is 0 Å². The first-order valence-electron chi connectivity index (χ1n) is 4.86. The minimum absolute atomic E-state index is 0.368. The van der Waals surface area contributed by atoms with Gasteiger partial charge in [-0.25, -0.2) is 4.68 Å². The highest BCUT2D eigenvalue weighted by atomic mass is 15.4. The van der Waals surface area contributed by atoms with E-state index in [9.17, 15) is 0 Å². The molecule has 80 valence electrons. The minimum Gasteiger partial charge on any atom is -0.381 e. The van der Waals surface area contributed by atoms with E-state index in [0.29, 0.717) is 11.7 Å². The summed E-state index contributed by atoms with van der Waals surface area (Å²) in [6.07, 6.45) is 0. The van der Waals surface area contributed by atoms with Crippen molar-refractivity contribution in [2.24, 2.45) is 0 Å². The average molecular weight is 197 g/mol. The molecule has 2 N–H and O–H groups in total. The van der Waals surface area contributed by atoms with E-state index in [0.717, 1.165) is 18.8 Å². The second kappa shape index (κ2) is 4.41. The summed E-state index contributed by atoms with van der Waals surface area (Å²) in [4.78, 5) is 2.11. The van der Waals surface area contributed by atoms with Crippen molar-refractivity contribution in [3.8, 4) is 0 Å². The first-order valence-corrected chi connectivity index (χ1v) is 4.86. The Balaban J connectivity index is 2.76. The number of nitrogens with two attached hydrogens (primary N) is 1. The standard InChI is InChI=1S/C9H19N5/c1-7(2)8-9(10)11-12-14(8)6-5-13(3)4/h7H,5-6,10H2,1-4H3. The molecule has 0 aliphatic carbocycles. The quantitative estimate of drug-likeness (QED) is 0.765. The Morgan fingerprint density at radius 2 is 2.07 bits per heavy atom. The molecule has 0 spiro atoms. The van der Waals surface area contributed by atoms with Crippen LogP contribution in [0.4, 0.5) is 5.82 Å². The normalized spacial score (nSPS) is 11.6. The molecule has 0 bridgehead atoms. The summed E-state index contributed by atoms with van der Waals surface area (Å²) < 4.78 is 1.89. The van der Waals surface area contributed by atoms with Gasteiger partial charge in [0.25, 0.3) is 0 Å². The Bertz CT molecular complexity index is 289. The molecule has 1 aromatic heterocycles. The summed E-state index contributed by atoms with van der Waals surface area (Å²) >= 11 is 0. The van der Waals surface area contributed by atoms with Crippen molar-refractivity contribution in [3.63, 3.8) is 0 Å². The summed E-state index contributed by atoms with van der Waals surface area (Å²) in [6, 6.07) is 0. The van der Waals surface area contributed by atoms with Crippen LogP contribution in [-0.4, -0.2) is 40.5 Å². The number of likely N-dealkylation sites (N-methyl/N-ethyl adjacent to an activating group) is 1. The van der Waals surface area contributed by atoms with Crippen LogP contribution in [0, 0.1) is 0 Å². The third kappa shape index (κ3) is 2.45. The van der Waals surface area contributed by atoms with E-state index >= 15 is 0 Å². The summed E-state index contributed by atoms with van der Waals surface area (Å²) in [5.74, 6) is 0.922. The lowest BCUT2D eigenvalue weighted by atomic mass is 10.1. The van der Waals surface area contributed by atoms with E-state index in [-0.39, 0.29) is 0 Å². The van der Waals surface area contributed by atoms with E-state index in [1.165, 1.54) is 0 Å². The second-order valence-corrected chi connectivity index (χ2v) is 4.04. The van der Waals surface area contributed by atoms with Crippen molar-refractivity contribution in [1.82, 2.24) is 19.9 Å². The largest absolute Gasteiger partial charge is 0.381 e. The van der Waals surface area contributed by atoms with Crippen LogP contribution in [0.25, 0.3) is 0 Å². The molecule has 0 saturated heterocycles. The molecule has 0 amide bonds. The Hall–Kier alpha value is -1.10. The Morgan fingerprint density at radius 3 is 2.57 bits per heavy atom. The highest BCUT2D eigenvalue weighted by Crippen LogP contribution is 2.18. The highest BCUT2D eigenvalue weighted by Gasteiger charge is 2.13. The van der Waals surface area contributed by atoms with Gasteiger partial charge in [-0.15, -0.1) is 5.10 Å². The highest BCUT2D eigenvalue weighted by molar-refractivity contribution is 5.35. The summed E-state index contributed by atoms with van der Waals surface area (Å²) in [6.45, 7) is 5.98. The van der Waals surface area contributed by atoms with Gasteiger partial charge in [-0.05, 0) is 20.0 Å². The zero-order valence-corrected chi connectivity index (χ0v) is 9.36. The van der Waals surface area contributed by atoms with E-state index in [2.05, 4.69) is 29.1 Å². The topological polar surface area (TPSA) is 60.0 Å². The number of aromatic nitrogens is 3. The molecular formula is C9H19N5. The van der Waals surface area contributed by atoms with Gasteiger partial charge >= 0.3 is 0 Å². The fourth-order valence-corrected chi connectivity index (χ4v) is 1.39. The monoisotopic (exact) mass is 197 g/mol. The van der Waals surface area contributed by atoms with Gasteiger partial charge in [-0.1, -0.05) is 19.1 Å². The number of nitrogen functional groups attached to an aromatic ring is 1. The molecule has 0 radical (unpaired) electrons. The van der Waals surface area contributed by atoms with Crippen molar-refractivity contribution in [2.45, 2.75) is 26.3 Å². The predicted molar refractivity (Wildman–Crippen MR) is 57.1 cm³/mol. The van der Waals surface area contributed by atoms with Gasteiger partial charge in [0.05, 0.1) is 12.2 Å². The molecule has 5 nitrogen and oxygen atoms in total. The predicted octanol–water partition coefficient (Wildman–Crippen LogP) is 0.545. The number of hydrogen-bond donors (Lipinski definition) is 1. The molecule has 14 heavy (non-hydrogen) atoms. The van der Waals surface area contributed by atoms with E-state index < -0.39 is 0 Å². The average Bonchev–Trinajstić information content (AvgIpc) is 2.43. The maximum atomic E-state index is 5.74. The molecule has 0 aliphatic heterocycles. The van der Waals surface area contributed by atoms with Gasteiger partial charge in [-0.2, -0.15) is 0 Å². The summed E-state index contributed by atoms with van der Waals surface area (Å²) in [7, 11) is 4.07. The zero-order valence-electron chi connectivity index (χ0n) is 9.36. The summed E-state index contributed by atoms with van der Waals surface area (Å²) in [5, 5.41) is 7.91. The number of anilines is 1. The van der Waals surface area contributed by atoms with E-state index in [4.69, 9.17) is 5.73 Å². The molecule has 1 heterocycles. The van der Waals surface area contributed by atoms with Crippen molar-refractivity contribution in [1.29, 1.82) is 0 Å². The molecule has 0 atom stereocenters. The first kappa shape index (κ1) is 11.0. The van der Waals surface area contributed by atoms with Gasteiger partial charge in [-0.3, -0.25) is 0 Å². The van der Waals surface area contributed by atoms with E-state index in [1.807, 2.05) is 18.8 Å². The van der Waals surface area contributed by atoms with Crippen LogP contribution in [0.3, 0.4) is 0 Å². The van der Waals surface area contributed by atoms with Crippen LogP contribution < -0.4 is 5.73 Å². The number of nitrogens with zero attached hydrogens (tertiary/aromatic N) is 4. The minimum atomic E-state index is 0.368. The lowest BCUT2D eigenvalue weighted by molar-refractivity contribution is 0.365. The number of rotatable bonds is 4. The fourth-order valence-electron chi connectivity index (χ4n) is 1.39. The Morgan fingerprint density at radius 1 is 1.43 bits per heavy atom. The van der Waals surface area contributed by atoms with Gasteiger partial charge in [0.15, 0.2) is 5.82 Å². The third-order valence-corrected chi connectivity index (χ3v) is 2.11. The second-order valence-electron chi connectivity index (χ2n) is 4.04. The van der Waals surface area contributed by atoms with Gasteiger partial charge in [0.2, 0.25) is 0 Å². The lowest BCUT2D eigenvalue weighted by Gasteiger charge is -2.12. The summed E-state index contributed by atoms with van der Waals surface area (Å²) in [5.41, 5.74) is 6.77. The molecule has 1 aromatic rings. The molecular weight excluding hydrogens is 178 g/mol. The van der Waals surface area contributed by atoms with Crippen molar-refractivity contribution in [2.75, 3.05) is 26.4 Å². The smallest absolute Gasteiger partial charge is 0.169 e. The molecule has 0 unspecified atom stereocenters. The fraction of sp³-hybridized carbons (Fsp3) is 0.778. The first-order chi connectivity index (χ1) is 6.52.